The summed E-state index contributed by atoms with van der Waals surface area (Å²) in [6.45, 7) is -0.292. The number of hydrogen-bond acceptors (Lipinski definition) is 7. The number of nitrogens with zero attached hydrogens (tertiary/aromatic N) is 2. The van der Waals surface area contributed by atoms with Crippen LogP contribution in [0.3, 0.4) is 0 Å². The fraction of sp³-hybridized carbons (Fsp3) is 0.435. The first kappa shape index (κ1) is 22.5. The molecule has 1 aromatic heterocycles. The zero-order valence-corrected chi connectivity index (χ0v) is 17.2. The number of para-hydroxylation sites is 1. The van der Waals surface area contributed by atoms with Crippen LogP contribution in [0.15, 0.2) is 42.6 Å². The van der Waals surface area contributed by atoms with Crippen molar-refractivity contribution in [2.24, 2.45) is 5.73 Å². The van der Waals surface area contributed by atoms with E-state index in [0.717, 1.165) is 25.7 Å². The highest BCUT2D eigenvalue weighted by Gasteiger charge is 2.43. The number of rotatable bonds is 9. The molecule has 2 atom stereocenters. The minimum absolute atomic E-state index is 0.137. The molecule has 1 heterocycles. The highest BCUT2D eigenvalue weighted by molar-refractivity contribution is 5.78. The molecule has 0 aliphatic heterocycles. The molecule has 0 radical (unpaired) electrons. The molecule has 1 aromatic carbocycles. The summed E-state index contributed by atoms with van der Waals surface area (Å²) in [5.74, 6) is -0.607. The molecule has 0 bridgehead atoms. The normalized spacial score (nSPS) is 17.2. The van der Waals surface area contributed by atoms with Crippen LogP contribution in [0.4, 0.5) is 0 Å². The van der Waals surface area contributed by atoms with Crippen molar-refractivity contribution in [1.29, 1.82) is 5.26 Å². The zero-order chi connectivity index (χ0) is 22.3. The molecule has 1 saturated carbocycles. The molecular formula is C23H27N3O5. The average Bonchev–Trinajstić information content (AvgIpc) is 2.78. The molecule has 0 saturated heterocycles. The van der Waals surface area contributed by atoms with E-state index in [1.807, 2.05) is 6.07 Å². The highest BCUT2D eigenvalue weighted by Crippen LogP contribution is 2.25. The number of benzene rings is 1. The van der Waals surface area contributed by atoms with Gasteiger partial charge in [-0.15, -0.1) is 0 Å². The molecule has 4 N–H and O–H groups in total. The first-order valence-corrected chi connectivity index (χ1v) is 10.4. The van der Waals surface area contributed by atoms with Crippen molar-refractivity contribution in [1.82, 2.24) is 4.98 Å². The van der Waals surface area contributed by atoms with Gasteiger partial charge in [-0.1, -0.05) is 18.6 Å². The van der Waals surface area contributed by atoms with Gasteiger partial charge in [0.1, 0.15) is 24.2 Å². The summed E-state index contributed by atoms with van der Waals surface area (Å²) in [4.78, 5) is 16.1. The van der Waals surface area contributed by atoms with Crippen LogP contribution < -0.4 is 15.2 Å². The van der Waals surface area contributed by atoms with Gasteiger partial charge in [-0.25, -0.2) is 4.79 Å². The van der Waals surface area contributed by atoms with E-state index in [1.165, 1.54) is 12.6 Å². The number of aliphatic hydroxyl groups is 1. The second kappa shape index (κ2) is 10.2. The van der Waals surface area contributed by atoms with Crippen LogP contribution in [0.1, 0.15) is 43.4 Å². The predicted molar refractivity (Wildman–Crippen MR) is 113 cm³/mol. The number of nitrogens with two attached hydrogens (primary N) is 1. The second-order valence-corrected chi connectivity index (χ2v) is 7.79. The first-order valence-electron chi connectivity index (χ1n) is 10.4. The number of hydrogen-bond donors (Lipinski definition) is 3. The summed E-state index contributed by atoms with van der Waals surface area (Å²) in [7, 11) is 0. The maximum Gasteiger partial charge on any atom is 0.337 e. The number of aromatic nitrogens is 1. The van der Waals surface area contributed by atoms with Crippen molar-refractivity contribution in [2.45, 2.75) is 56.3 Å². The maximum absolute atomic E-state index is 11.9. The van der Waals surface area contributed by atoms with Crippen molar-refractivity contribution in [3.63, 3.8) is 0 Å². The van der Waals surface area contributed by atoms with Gasteiger partial charge in [0.15, 0.2) is 5.60 Å². The highest BCUT2D eigenvalue weighted by atomic mass is 16.5. The third-order valence-electron chi connectivity index (χ3n) is 5.50. The topological polar surface area (TPSA) is 139 Å². The van der Waals surface area contributed by atoms with Gasteiger partial charge in [0.25, 0.3) is 0 Å². The van der Waals surface area contributed by atoms with E-state index in [-0.39, 0.29) is 24.9 Å². The van der Waals surface area contributed by atoms with Crippen molar-refractivity contribution in [2.75, 3.05) is 6.61 Å². The molecule has 0 amide bonds. The van der Waals surface area contributed by atoms with Gasteiger partial charge in [0.2, 0.25) is 0 Å². The lowest BCUT2D eigenvalue weighted by Gasteiger charge is -2.29. The van der Waals surface area contributed by atoms with Gasteiger partial charge in [-0.3, -0.25) is 4.98 Å². The maximum atomic E-state index is 11.9. The predicted octanol–water partition coefficient (Wildman–Crippen LogP) is 2.43. The zero-order valence-electron chi connectivity index (χ0n) is 17.2. The van der Waals surface area contributed by atoms with Crippen molar-refractivity contribution >= 4 is 5.97 Å². The van der Waals surface area contributed by atoms with E-state index in [9.17, 15) is 15.0 Å². The molecule has 2 aromatic rings. The van der Waals surface area contributed by atoms with E-state index in [4.69, 9.17) is 20.5 Å². The Morgan fingerprint density at radius 1 is 1.29 bits per heavy atom. The van der Waals surface area contributed by atoms with Crippen LogP contribution in [0.25, 0.3) is 0 Å². The Kier molecular flexibility index (Phi) is 7.45. The van der Waals surface area contributed by atoms with E-state index in [0.29, 0.717) is 17.0 Å². The minimum atomic E-state index is -2.31. The molecule has 1 fully saturated rings. The molecule has 31 heavy (non-hydrogen) atoms. The largest absolute Gasteiger partial charge is 0.490 e. The van der Waals surface area contributed by atoms with Crippen LogP contribution >= 0.6 is 0 Å². The molecular weight excluding hydrogens is 398 g/mol. The van der Waals surface area contributed by atoms with Crippen LogP contribution in [0, 0.1) is 11.3 Å². The number of carbonyl (C=O) groups is 1. The summed E-state index contributed by atoms with van der Waals surface area (Å²) >= 11 is 0. The Balaban J connectivity index is 1.69. The van der Waals surface area contributed by atoms with E-state index < -0.39 is 17.6 Å². The quantitative estimate of drug-likeness (QED) is 0.557. The van der Waals surface area contributed by atoms with Crippen molar-refractivity contribution in [3.05, 3.63) is 53.9 Å². The van der Waals surface area contributed by atoms with E-state index >= 15 is 0 Å². The molecule has 164 valence electrons. The van der Waals surface area contributed by atoms with Gasteiger partial charge >= 0.3 is 5.97 Å². The second-order valence-electron chi connectivity index (χ2n) is 7.79. The molecule has 1 aliphatic carbocycles. The molecule has 8 heteroatoms. The number of carboxylic acid groups (broad SMARTS) is 1. The van der Waals surface area contributed by atoms with E-state index in [2.05, 4.69) is 4.98 Å². The fourth-order valence-corrected chi connectivity index (χ4v) is 3.65. The molecule has 3 rings (SSSR count). The lowest BCUT2D eigenvalue weighted by molar-refractivity contribution is -0.161. The Bertz CT molecular complexity index is 939. The monoisotopic (exact) mass is 425 g/mol. The van der Waals surface area contributed by atoms with Crippen LogP contribution in [-0.4, -0.2) is 45.5 Å². The summed E-state index contributed by atoms with van der Waals surface area (Å²) in [5, 5.41) is 29.7. The lowest BCUT2D eigenvalue weighted by atomic mass is 9.89. The molecule has 1 aliphatic rings. The number of aliphatic carboxylic acids is 1. The first-order chi connectivity index (χ1) is 14.9. The lowest BCUT2D eigenvalue weighted by Crippen LogP contribution is -2.58. The van der Waals surface area contributed by atoms with Crippen molar-refractivity contribution in [3.8, 4) is 17.6 Å². The summed E-state index contributed by atoms with van der Waals surface area (Å²) in [6, 6.07) is 10.6. The molecule has 1 unspecified atom stereocenters. The standard InChI is InChI=1S/C23H27N3O5/c24-14-16-6-4-5-9-20(16)30-15-21(25)23(29,22(27)28)13-17-12-19(10-11-26-17)31-18-7-2-1-3-8-18/h4-6,9-12,18,21,29H,1-3,7-8,13,15,25H2,(H,27,28)/t21-,23?/m0/s1. The van der Waals surface area contributed by atoms with Gasteiger partial charge in [0.05, 0.1) is 17.7 Å². The third kappa shape index (κ3) is 5.72. The Labute approximate surface area is 181 Å². The van der Waals surface area contributed by atoms with Crippen LogP contribution in [-0.2, 0) is 11.2 Å². The third-order valence-corrected chi connectivity index (χ3v) is 5.50. The van der Waals surface area contributed by atoms with Gasteiger partial charge in [-0.2, -0.15) is 5.26 Å². The molecule has 8 nitrogen and oxygen atoms in total. The van der Waals surface area contributed by atoms with Gasteiger partial charge in [0, 0.05) is 24.4 Å². The van der Waals surface area contributed by atoms with Crippen LogP contribution in [0.5, 0.6) is 11.5 Å². The van der Waals surface area contributed by atoms with Crippen molar-refractivity contribution < 1.29 is 24.5 Å². The fourth-order valence-electron chi connectivity index (χ4n) is 3.65. The Morgan fingerprint density at radius 3 is 2.74 bits per heavy atom. The summed E-state index contributed by atoms with van der Waals surface area (Å²) < 4.78 is 11.5. The van der Waals surface area contributed by atoms with Gasteiger partial charge < -0.3 is 25.4 Å². The number of pyridine rings is 1. The number of carboxylic acids is 1. The molecule has 0 spiro atoms. The minimum Gasteiger partial charge on any atom is -0.490 e. The smallest absolute Gasteiger partial charge is 0.337 e. The SMILES string of the molecule is N#Cc1ccccc1OC[C@H](N)C(O)(Cc1cc(OC2CCCCC2)ccn1)C(=O)O. The summed E-state index contributed by atoms with van der Waals surface area (Å²) in [5.41, 5.74) is 4.37. The number of nitriles is 1. The number of ether oxygens (including phenoxy) is 2. The Hall–Kier alpha value is -3.15. The van der Waals surface area contributed by atoms with E-state index in [1.54, 1.807) is 36.4 Å². The average molecular weight is 425 g/mol. The summed E-state index contributed by atoms with van der Waals surface area (Å²) in [6.07, 6.45) is 6.81. The van der Waals surface area contributed by atoms with Crippen LogP contribution in [0.2, 0.25) is 0 Å². The van der Waals surface area contributed by atoms with Gasteiger partial charge in [-0.05, 0) is 43.9 Å². The Morgan fingerprint density at radius 2 is 2.03 bits per heavy atom.